The van der Waals surface area contributed by atoms with Gasteiger partial charge in [-0.15, -0.1) is 6.58 Å². The van der Waals surface area contributed by atoms with Crippen molar-refractivity contribution in [2.45, 2.75) is 13.8 Å². The maximum Gasteiger partial charge on any atom is 0.120 e. The number of nitrogens with one attached hydrogen (secondary N) is 1. The van der Waals surface area contributed by atoms with E-state index in [2.05, 4.69) is 44.0 Å². The average molecular weight is 231 g/mol. The summed E-state index contributed by atoms with van der Waals surface area (Å²) < 4.78 is 5.61. The van der Waals surface area contributed by atoms with E-state index in [1.807, 2.05) is 18.2 Å². The lowest BCUT2D eigenvalue weighted by Crippen LogP contribution is -2.12. The van der Waals surface area contributed by atoms with Crippen LogP contribution in [0.15, 0.2) is 43.0 Å². The molecule has 0 saturated heterocycles. The Bertz CT molecular complexity index is 383. The minimum Gasteiger partial charge on any atom is -0.490 e. The van der Waals surface area contributed by atoms with Crippen LogP contribution in [0, 0.1) is 13.8 Å². The summed E-state index contributed by atoms with van der Waals surface area (Å²) in [6.45, 7) is 10.1. The summed E-state index contributed by atoms with van der Waals surface area (Å²) in [6, 6.07) is 6.16. The predicted octanol–water partition coefficient (Wildman–Crippen LogP) is 3.01. The Kier molecular flexibility index (Phi) is 6.12. The first-order valence-corrected chi connectivity index (χ1v) is 5.90. The first kappa shape index (κ1) is 13.5. The van der Waals surface area contributed by atoms with E-state index in [-0.39, 0.29) is 0 Å². The second-order valence-electron chi connectivity index (χ2n) is 3.98. The third kappa shape index (κ3) is 5.36. The van der Waals surface area contributed by atoms with E-state index in [4.69, 9.17) is 4.74 Å². The monoisotopic (exact) mass is 231 g/mol. The molecule has 0 spiro atoms. The van der Waals surface area contributed by atoms with Crippen LogP contribution in [0.1, 0.15) is 11.1 Å². The van der Waals surface area contributed by atoms with Gasteiger partial charge in [0, 0.05) is 13.1 Å². The first-order valence-electron chi connectivity index (χ1n) is 5.90. The Labute approximate surface area is 104 Å². The van der Waals surface area contributed by atoms with Crippen LogP contribution in [0.2, 0.25) is 0 Å². The van der Waals surface area contributed by atoms with Crippen LogP contribution in [0.4, 0.5) is 0 Å². The predicted molar refractivity (Wildman–Crippen MR) is 73.6 cm³/mol. The highest BCUT2D eigenvalue weighted by Gasteiger charge is 1.95. The Morgan fingerprint density at radius 3 is 2.71 bits per heavy atom. The van der Waals surface area contributed by atoms with E-state index in [0.29, 0.717) is 6.61 Å². The highest BCUT2D eigenvalue weighted by Crippen LogP contribution is 2.16. The summed E-state index contributed by atoms with van der Waals surface area (Å²) in [7, 11) is 0. The number of hydrogen-bond acceptors (Lipinski definition) is 2. The summed E-state index contributed by atoms with van der Waals surface area (Å²) in [5.74, 6) is 0.928. The second-order valence-corrected chi connectivity index (χ2v) is 3.98. The standard InChI is InChI=1S/C15H21NO/c1-4-9-16-10-5-6-11-17-15-8-7-13(2)14(3)12-15/h4-8,12,16H,1,9-11H2,2-3H3. The van der Waals surface area contributed by atoms with Crippen molar-refractivity contribution >= 4 is 0 Å². The zero-order valence-corrected chi connectivity index (χ0v) is 10.7. The molecule has 0 heterocycles. The van der Waals surface area contributed by atoms with Crippen molar-refractivity contribution in [2.75, 3.05) is 19.7 Å². The number of aryl methyl sites for hydroxylation is 2. The molecule has 1 N–H and O–H groups in total. The van der Waals surface area contributed by atoms with Gasteiger partial charge >= 0.3 is 0 Å². The first-order chi connectivity index (χ1) is 8.24. The van der Waals surface area contributed by atoms with E-state index in [1.54, 1.807) is 0 Å². The normalized spacial score (nSPS) is 10.7. The van der Waals surface area contributed by atoms with E-state index in [0.717, 1.165) is 18.8 Å². The lowest BCUT2D eigenvalue weighted by atomic mass is 10.1. The molecule has 2 nitrogen and oxygen atoms in total. The van der Waals surface area contributed by atoms with Gasteiger partial charge in [-0.25, -0.2) is 0 Å². The van der Waals surface area contributed by atoms with Crippen molar-refractivity contribution < 1.29 is 4.74 Å². The third-order valence-electron chi connectivity index (χ3n) is 2.54. The molecule has 1 aromatic carbocycles. The van der Waals surface area contributed by atoms with Crippen LogP contribution in [0.3, 0.4) is 0 Å². The van der Waals surface area contributed by atoms with Crippen LogP contribution in [0.5, 0.6) is 5.75 Å². The van der Waals surface area contributed by atoms with Gasteiger partial charge in [-0.3, -0.25) is 0 Å². The fourth-order valence-electron chi connectivity index (χ4n) is 1.37. The SMILES string of the molecule is C=CCNCC=CCOc1ccc(C)c(C)c1. The smallest absolute Gasteiger partial charge is 0.120 e. The summed E-state index contributed by atoms with van der Waals surface area (Å²) in [4.78, 5) is 0. The largest absolute Gasteiger partial charge is 0.490 e. The van der Waals surface area contributed by atoms with Gasteiger partial charge in [0.1, 0.15) is 12.4 Å². The van der Waals surface area contributed by atoms with E-state index in [9.17, 15) is 0 Å². The Morgan fingerprint density at radius 1 is 1.18 bits per heavy atom. The molecule has 2 heteroatoms. The van der Waals surface area contributed by atoms with Crippen LogP contribution in [0.25, 0.3) is 0 Å². The molecule has 17 heavy (non-hydrogen) atoms. The maximum absolute atomic E-state index is 5.61. The van der Waals surface area contributed by atoms with Gasteiger partial charge < -0.3 is 10.1 Å². The zero-order valence-electron chi connectivity index (χ0n) is 10.7. The highest BCUT2D eigenvalue weighted by molar-refractivity contribution is 5.33. The molecular weight excluding hydrogens is 210 g/mol. The van der Waals surface area contributed by atoms with Gasteiger partial charge in [0.2, 0.25) is 0 Å². The summed E-state index contributed by atoms with van der Waals surface area (Å²) in [5.41, 5.74) is 2.56. The Hall–Kier alpha value is -1.54. The van der Waals surface area contributed by atoms with Gasteiger partial charge in [0.05, 0.1) is 0 Å². The molecule has 0 atom stereocenters. The molecule has 0 aromatic heterocycles. The van der Waals surface area contributed by atoms with Crippen LogP contribution < -0.4 is 10.1 Å². The quantitative estimate of drug-likeness (QED) is 0.575. The van der Waals surface area contributed by atoms with Crippen molar-refractivity contribution in [3.63, 3.8) is 0 Å². The summed E-state index contributed by atoms with van der Waals surface area (Å²) in [6.07, 6.45) is 5.93. The average Bonchev–Trinajstić information content (AvgIpc) is 2.32. The molecule has 0 aliphatic rings. The molecule has 0 amide bonds. The minimum atomic E-state index is 0.609. The topological polar surface area (TPSA) is 21.3 Å². The Balaban J connectivity index is 2.26. The van der Waals surface area contributed by atoms with Gasteiger partial charge in [-0.05, 0) is 37.1 Å². The molecule has 0 aliphatic carbocycles. The minimum absolute atomic E-state index is 0.609. The number of ether oxygens (including phenoxy) is 1. The fourth-order valence-corrected chi connectivity index (χ4v) is 1.37. The molecule has 1 rings (SSSR count). The molecule has 92 valence electrons. The third-order valence-corrected chi connectivity index (χ3v) is 2.54. The molecule has 0 aliphatic heterocycles. The van der Waals surface area contributed by atoms with Gasteiger partial charge in [-0.1, -0.05) is 24.3 Å². The number of hydrogen-bond donors (Lipinski definition) is 1. The number of rotatable bonds is 7. The molecule has 0 radical (unpaired) electrons. The van der Waals surface area contributed by atoms with Crippen molar-refractivity contribution in [2.24, 2.45) is 0 Å². The molecule has 0 saturated carbocycles. The fraction of sp³-hybridized carbons (Fsp3) is 0.333. The second kappa shape index (κ2) is 7.69. The van der Waals surface area contributed by atoms with Gasteiger partial charge in [0.15, 0.2) is 0 Å². The van der Waals surface area contributed by atoms with Crippen molar-refractivity contribution in [1.29, 1.82) is 0 Å². The zero-order chi connectivity index (χ0) is 12.5. The molecular formula is C15H21NO. The summed E-state index contributed by atoms with van der Waals surface area (Å²) in [5, 5.41) is 3.19. The van der Waals surface area contributed by atoms with Crippen molar-refractivity contribution in [3.05, 3.63) is 54.1 Å². The molecule has 0 bridgehead atoms. The van der Waals surface area contributed by atoms with E-state index in [1.165, 1.54) is 11.1 Å². The van der Waals surface area contributed by atoms with Gasteiger partial charge in [-0.2, -0.15) is 0 Å². The van der Waals surface area contributed by atoms with Gasteiger partial charge in [0.25, 0.3) is 0 Å². The molecule has 0 fully saturated rings. The number of benzene rings is 1. The lowest BCUT2D eigenvalue weighted by Gasteiger charge is -2.05. The van der Waals surface area contributed by atoms with Crippen LogP contribution in [-0.4, -0.2) is 19.7 Å². The molecule has 0 unspecified atom stereocenters. The maximum atomic E-state index is 5.61. The summed E-state index contributed by atoms with van der Waals surface area (Å²) >= 11 is 0. The van der Waals surface area contributed by atoms with Crippen molar-refractivity contribution in [1.82, 2.24) is 5.32 Å². The highest BCUT2D eigenvalue weighted by atomic mass is 16.5. The van der Waals surface area contributed by atoms with E-state index < -0.39 is 0 Å². The lowest BCUT2D eigenvalue weighted by molar-refractivity contribution is 0.362. The molecule has 1 aromatic rings. The Morgan fingerprint density at radius 2 is 2.00 bits per heavy atom. The van der Waals surface area contributed by atoms with Crippen LogP contribution in [-0.2, 0) is 0 Å². The van der Waals surface area contributed by atoms with Crippen LogP contribution >= 0.6 is 0 Å². The van der Waals surface area contributed by atoms with Crippen molar-refractivity contribution in [3.8, 4) is 5.75 Å². The van der Waals surface area contributed by atoms with E-state index >= 15 is 0 Å².